The average Bonchev–Trinajstić information content (AvgIpc) is 2.80. The lowest BCUT2D eigenvalue weighted by Gasteiger charge is -2.22. The van der Waals surface area contributed by atoms with Crippen LogP contribution in [0.5, 0.6) is 0 Å². The van der Waals surface area contributed by atoms with Crippen LogP contribution in [0.1, 0.15) is 33.1 Å². The van der Waals surface area contributed by atoms with E-state index in [9.17, 15) is 14.7 Å². The van der Waals surface area contributed by atoms with E-state index in [4.69, 9.17) is 15.8 Å². The molecule has 1 rings (SSSR count). The predicted octanol–water partition coefficient (Wildman–Crippen LogP) is -0.228. The largest absolute Gasteiger partial charge is 0.481 e. The Bertz CT molecular complexity index is 391. The van der Waals surface area contributed by atoms with Crippen molar-refractivity contribution in [2.24, 2.45) is 23.5 Å². The molecule has 8 heteroatoms. The summed E-state index contributed by atoms with van der Waals surface area (Å²) in [7, 11) is -1.37. The number of likely N-dealkylation sites (tertiary alicyclic amines) is 1. The fourth-order valence-electron chi connectivity index (χ4n) is 3.03. The van der Waals surface area contributed by atoms with Crippen LogP contribution in [0.25, 0.3) is 0 Å². The summed E-state index contributed by atoms with van der Waals surface area (Å²) in [6.45, 7) is 4.54. The van der Waals surface area contributed by atoms with Crippen LogP contribution < -0.4 is 5.73 Å². The third-order valence-corrected chi connectivity index (χ3v) is 4.15. The number of carbonyl (C=O) groups is 2. The number of amides is 1. The first kappa shape index (κ1) is 18.9. The first-order valence-electron chi connectivity index (χ1n) is 7.85. The van der Waals surface area contributed by atoms with Crippen molar-refractivity contribution in [2.45, 2.75) is 45.5 Å². The SMILES string of the molecule is CC(C)CC(N)C(=O)N1CC(CCCB(O)O)C(C(=O)O)C1. The summed E-state index contributed by atoms with van der Waals surface area (Å²) < 4.78 is 0. The van der Waals surface area contributed by atoms with Gasteiger partial charge in [-0.15, -0.1) is 0 Å². The molecule has 1 amide bonds. The molecular formula is C14H27BN2O5. The van der Waals surface area contributed by atoms with E-state index in [0.717, 1.165) is 0 Å². The Morgan fingerprint density at radius 1 is 1.32 bits per heavy atom. The zero-order chi connectivity index (χ0) is 16.9. The molecule has 1 fully saturated rings. The molecular weight excluding hydrogens is 287 g/mol. The number of rotatable bonds is 8. The molecule has 0 saturated carbocycles. The molecule has 1 aliphatic heterocycles. The maximum absolute atomic E-state index is 12.3. The molecule has 22 heavy (non-hydrogen) atoms. The maximum Gasteiger partial charge on any atom is 0.451 e. The molecule has 0 aliphatic carbocycles. The molecule has 5 N–H and O–H groups in total. The number of nitrogens with zero attached hydrogens (tertiary/aromatic N) is 1. The number of aliphatic carboxylic acids is 1. The van der Waals surface area contributed by atoms with Gasteiger partial charge in [0.25, 0.3) is 0 Å². The molecule has 7 nitrogen and oxygen atoms in total. The van der Waals surface area contributed by atoms with Crippen LogP contribution in [0.4, 0.5) is 0 Å². The van der Waals surface area contributed by atoms with Crippen molar-refractivity contribution >= 4 is 19.0 Å². The molecule has 1 aliphatic rings. The minimum Gasteiger partial charge on any atom is -0.481 e. The van der Waals surface area contributed by atoms with E-state index in [0.29, 0.717) is 31.7 Å². The highest BCUT2D eigenvalue weighted by atomic mass is 16.4. The second-order valence-corrected chi connectivity index (χ2v) is 6.60. The number of carbonyl (C=O) groups excluding carboxylic acids is 1. The van der Waals surface area contributed by atoms with Crippen molar-refractivity contribution in [3.8, 4) is 0 Å². The van der Waals surface area contributed by atoms with E-state index in [1.807, 2.05) is 13.8 Å². The van der Waals surface area contributed by atoms with E-state index in [1.54, 1.807) is 4.90 Å². The third-order valence-electron chi connectivity index (χ3n) is 4.15. The zero-order valence-corrected chi connectivity index (χ0v) is 13.3. The van der Waals surface area contributed by atoms with Crippen LogP contribution in [-0.2, 0) is 9.59 Å². The van der Waals surface area contributed by atoms with Crippen LogP contribution in [0.3, 0.4) is 0 Å². The van der Waals surface area contributed by atoms with Gasteiger partial charge < -0.3 is 25.8 Å². The normalized spacial score (nSPS) is 22.9. The number of carboxylic acid groups (broad SMARTS) is 1. The monoisotopic (exact) mass is 314 g/mol. The van der Waals surface area contributed by atoms with Crippen molar-refractivity contribution in [3.63, 3.8) is 0 Å². The summed E-state index contributed by atoms with van der Waals surface area (Å²) in [5.41, 5.74) is 5.90. The Labute approximate surface area is 131 Å². The van der Waals surface area contributed by atoms with E-state index >= 15 is 0 Å². The second-order valence-electron chi connectivity index (χ2n) is 6.60. The highest BCUT2D eigenvalue weighted by molar-refractivity contribution is 6.40. The summed E-state index contributed by atoms with van der Waals surface area (Å²) in [5.74, 6) is -1.57. The lowest BCUT2D eigenvalue weighted by atomic mass is 9.80. The van der Waals surface area contributed by atoms with Crippen molar-refractivity contribution in [1.29, 1.82) is 0 Å². The molecule has 0 aromatic carbocycles. The fraction of sp³-hybridized carbons (Fsp3) is 0.857. The number of nitrogens with two attached hydrogens (primary N) is 1. The molecule has 1 heterocycles. The molecule has 0 aromatic rings. The quantitative estimate of drug-likeness (QED) is 0.459. The molecule has 0 radical (unpaired) electrons. The number of hydrogen-bond acceptors (Lipinski definition) is 5. The zero-order valence-electron chi connectivity index (χ0n) is 13.3. The fourth-order valence-corrected chi connectivity index (χ4v) is 3.03. The lowest BCUT2D eigenvalue weighted by Crippen LogP contribution is -2.43. The molecule has 3 unspecified atom stereocenters. The third kappa shape index (κ3) is 5.59. The Hall–Kier alpha value is -1.12. The van der Waals surface area contributed by atoms with Crippen LogP contribution in [0.15, 0.2) is 0 Å². The Morgan fingerprint density at radius 2 is 1.95 bits per heavy atom. The van der Waals surface area contributed by atoms with E-state index in [1.165, 1.54) is 0 Å². The first-order chi connectivity index (χ1) is 10.2. The van der Waals surface area contributed by atoms with Crippen molar-refractivity contribution in [3.05, 3.63) is 0 Å². The molecule has 1 saturated heterocycles. The highest BCUT2D eigenvalue weighted by Gasteiger charge is 2.40. The summed E-state index contributed by atoms with van der Waals surface area (Å²) in [4.78, 5) is 25.2. The first-order valence-corrected chi connectivity index (χ1v) is 7.85. The summed E-state index contributed by atoms with van der Waals surface area (Å²) >= 11 is 0. The topological polar surface area (TPSA) is 124 Å². The predicted molar refractivity (Wildman–Crippen MR) is 82.9 cm³/mol. The van der Waals surface area contributed by atoms with Gasteiger partial charge in [-0.2, -0.15) is 0 Å². The highest BCUT2D eigenvalue weighted by Crippen LogP contribution is 2.29. The van der Waals surface area contributed by atoms with Crippen molar-refractivity contribution in [2.75, 3.05) is 13.1 Å². The van der Waals surface area contributed by atoms with E-state index in [2.05, 4.69) is 0 Å². The van der Waals surface area contributed by atoms with Crippen LogP contribution in [-0.4, -0.2) is 58.2 Å². The van der Waals surface area contributed by atoms with Crippen LogP contribution in [0, 0.1) is 17.8 Å². The van der Waals surface area contributed by atoms with Gasteiger partial charge >= 0.3 is 13.1 Å². The number of carboxylic acids is 1. The Morgan fingerprint density at radius 3 is 2.45 bits per heavy atom. The lowest BCUT2D eigenvalue weighted by molar-refractivity contribution is -0.142. The van der Waals surface area contributed by atoms with Gasteiger partial charge in [-0.3, -0.25) is 9.59 Å². The molecule has 3 atom stereocenters. The van der Waals surface area contributed by atoms with E-state index < -0.39 is 25.0 Å². The van der Waals surface area contributed by atoms with Gasteiger partial charge in [-0.25, -0.2) is 0 Å². The van der Waals surface area contributed by atoms with E-state index in [-0.39, 0.29) is 24.7 Å². The molecule has 0 spiro atoms. The summed E-state index contributed by atoms with van der Waals surface area (Å²) in [6.07, 6.45) is 1.86. The number of hydrogen-bond donors (Lipinski definition) is 4. The summed E-state index contributed by atoms with van der Waals surface area (Å²) in [6, 6.07) is -0.590. The Balaban J connectivity index is 2.61. The van der Waals surface area contributed by atoms with Gasteiger partial charge in [0.15, 0.2) is 0 Å². The van der Waals surface area contributed by atoms with Gasteiger partial charge in [0.2, 0.25) is 5.91 Å². The van der Waals surface area contributed by atoms with Gasteiger partial charge in [-0.1, -0.05) is 20.3 Å². The van der Waals surface area contributed by atoms with Gasteiger partial charge in [0.1, 0.15) is 0 Å². The standard InChI is InChI=1S/C14H27BN2O5/c1-9(2)6-12(16)13(18)17-7-10(4-3-5-15(21)22)11(8-17)14(19)20/h9-12,21-22H,3-8,16H2,1-2H3,(H,19,20). The van der Waals surface area contributed by atoms with Gasteiger partial charge in [0, 0.05) is 13.1 Å². The molecule has 0 bridgehead atoms. The summed E-state index contributed by atoms with van der Waals surface area (Å²) in [5, 5.41) is 27.0. The van der Waals surface area contributed by atoms with Gasteiger partial charge in [0.05, 0.1) is 12.0 Å². The second kappa shape index (κ2) is 8.50. The van der Waals surface area contributed by atoms with Crippen molar-refractivity contribution < 1.29 is 24.7 Å². The maximum atomic E-state index is 12.3. The minimum absolute atomic E-state index is 0.161. The smallest absolute Gasteiger partial charge is 0.451 e. The van der Waals surface area contributed by atoms with Crippen LogP contribution in [0.2, 0.25) is 6.32 Å². The molecule has 0 aromatic heterocycles. The average molecular weight is 314 g/mol. The Kier molecular flexibility index (Phi) is 7.31. The molecule has 126 valence electrons. The van der Waals surface area contributed by atoms with Crippen molar-refractivity contribution in [1.82, 2.24) is 4.90 Å². The van der Waals surface area contributed by atoms with Crippen LogP contribution >= 0.6 is 0 Å². The van der Waals surface area contributed by atoms with Gasteiger partial charge in [-0.05, 0) is 31.0 Å². The minimum atomic E-state index is -1.37.